The van der Waals surface area contributed by atoms with Gasteiger partial charge in [-0.25, -0.2) is 4.79 Å². The number of hydrogen-bond acceptors (Lipinski definition) is 5. The number of rotatable bonds is 7. The van der Waals surface area contributed by atoms with Gasteiger partial charge in [-0.2, -0.15) is 0 Å². The van der Waals surface area contributed by atoms with Crippen LogP contribution in [0.15, 0.2) is 18.2 Å². The fraction of sp³-hybridized carbons (Fsp3) is 0.650. The zero-order valence-corrected chi connectivity index (χ0v) is 15.3. The molecule has 0 amide bonds. The molecule has 138 valence electrons. The minimum atomic E-state index is -0.343. The summed E-state index contributed by atoms with van der Waals surface area (Å²) in [4.78, 5) is 14.3. The van der Waals surface area contributed by atoms with Crippen molar-refractivity contribution in [2.75, 3.05) is 39.5 Å². The summed E-state index contributed by atoms with van der Waals surface area (Å²) < 4.78 is 16.6. The molecule has 5 nitrogen and oxygen atoms in total. The van der Waals surface area contributed by atoms with E-state index >= 15 is 0 Å². The molecule has 0 saturated carbocycles. The molecule has 1 fully saturated rings. The first-order valence-corrected chi connectivity index (χ1v) is 9.34. The molecule has 0 bridgehead atoms. The maximum absolute atomic E-state index is 11.9. The molecular weight excluding hydrogens is 318 g/mol. The van der Waals surface area contributed by atoms with Gasteiger partial charge in [-0.3, -0.25) is 4.90 Å². The lowest BCUT2D eigenvalue weighted by molar-refractivity contribution is -0.152. The van der Waals surface area contributed by atoms with E-state index in [0.29, 0.717) is 19.1 Å². The minimum absolute atomic E-state index is 0.0450. The maximum Gasteiger partial charge on any atom is 0.344 e. The van der Waals surface area contributed by atoms with Gasteiger partial charge in [-0.15, -0.1) is 0 Å². The standard InChI is InChI=1S/C20H29NO4/c1-15(2)11-21-8-9-23-19(12-21)13-25-20(22)14-24-18-7-6-16-4-3-5-17(16)10-18/h6-7,10,15,19H,3-5,8-9,11-14H2,1-2H3. The third-order valence-corrected chi connectivity index (χ3v) is 4.70. The predicted molar refractivity (Wildman–Crippen MR) is 95.9 cm³/mol. The van der Waals surface area contributed by atoms with Crippen molar-refractivity contribution < 1.29 is 19.0 Å². The van der Waals surface area contributed by atoms with E-state index in [1.54, 1.807) is 0 Å². The van der Waals surface area contributed by atoms with Gasteiger partial charge in [0.1, 0.15) is 18.5 Å². The normalized spacial score (nSPS) is 20.5. The van der Waals surface area contributed by atoms with E-state index in [4.69, 9.17) is 14.2 Å². The molecule has 1 saturated heterocycles. The Morgan fingerprint density at radius 3 is 3.00 bits per heavy atom. The quantitative estimate of drug-likeness (QED) is 0.709. The van der Waals surface area contributed by atoms with E-state index in [-0.39, 0.29) is 18.7 Å². The molecule has 25 heavy (non-hydrogen) atoms. The third-order valence-electron chi connectivity index (χ3n) is 4.70. The summed E-state index contributed by atoms with van der Waals surface area (Å²) in [6, 6.07) is 6.08. The number of nitrogens with zero attached hydrogens (tertiary/aromatic N) is 1. The number of benzene rings is 1. The van der Waals surface area contributed by atoms with Crippen LogP contribution in [0.2, 0.25) is 0 Å². The molecule has 3 rings (SSSR count). The Morgan fingerprint density at radius 1 is 1.32 bits per heavy atom. The summed E-state index contributed by atoms with van der Waals surface area (Å²) in [6.45, 7) is 8.17. The van der Waals surface area contributed by atoms with Gasteiger partial charge in [0.2, 0.25) is 0 Å². The second kappa shape index (κ2) is 8.68. The number of esters is 1. The van der Waals surface area contributed by atoms with Crippen LogP contribution in [0.3, 0.4) is 0 Å². The van der Waals surface area contributed by atoms with Crippen LogP contribution in [0.25, 0.3) is 0 Å². The first-order valence-electron chi connectivity index (χ1n) is 9.34. The highest BCUT2D eigenvalue weighted by Gasteiger charge is 2.22. The summed E-state index contributed by atoms with van der Waals surface area (Å²) in [6.07, 6.45) is 3.41. The third kappa shape index (κ3) is 5.44. The van der Waals surface area contributed by atoms with Crippen molar-refractivity contribution >= 4 is 5.97 Å². The second-order valence-corrected chi connectivity index (χ2v) is 7.40. The van der Waals surface area contributed by atoms with Gasteiger partial charge in [0.25, 0.3) is 0 Å². The molecule has 1 heterocycles. The number of aryl methyl sites for hydroxylation is 2. The maximum atomic E-state index is 11.9. The zero-order chi connectivity index (χ0) is 17.6. The minimum Gasteiger partial charge on any atom is -0.482 e. The number of morpholine rings is 1. The molecule has 0 spiro atoms. The van der Waals surface area contributed by atoms with Crippen LogP contribution in [0, 0.1) is 5.92 Å². The van der Waals surface area contributed by atoms with Gasteiger partial charge < -0.3 is 14.2 Å². The summed E-state index contributed by atoms with van der Waals surface area (Å²) in [5.74, 6) is 1.03. The monoisotopic (exact) mass is 347 g/mol. The lowest BCUT2D eigenvalue weighted by Gasteiger charge is -2.33. The fourth-order valence-electron chi connectivity index (χ4n) is 3.57. The number of hydrogen-bond donors (Lipinski definition) is 0. The van der Waals surface area contributed by atoms with Crippen LogP contribution in [-0.2, 0) is 27.1 Å². The van der Waals surface area contributed by atoms with Crippen molar-refractivity contribution in [2.45, 2.75) is 39.2 Å². The molecule has 1 aromatic rings. The highest BCUT2D eigenvalue weighted by atomic mass is 16.6. The Kier molecular flexibility index (Phi) is 6.32. The zero-order valence-electron chi connectivity index (χ0n) is 15.3. The molecule has 1 aliphatic heterocycles. The van der Waals surface area contributed by atoms with Crippen molar-refractivity contribution in [3.8, 4) is 5.75 Å². The fourth-order valence-corrected chi connectivity index (χ4v) is 3.57. The number of fused-ring (bicyclic) bond motifs is 1. The first-order chi connectivity index (χ1) is 12.1. The molecule has 1 aliphatic carbocycles. The Hall–Kier alpha value is -1.59. The van der Waals surface area contributed by atoms with E-state index in [9.17, 15) is 4.79 Å². The van der Waals surface area contributed by atoms with E-state index in [0.717, 1.165) is 38.2 Å². The van der Waals surface area contributed by atoms with Crippen molar-refractivity contribution in [2.24, 2.45) is 5.92 Å². The molecule has 5 heteroatoms. The van der Waals surface area contributed by atoms with Gasteiger partial charge in [0, 0.05) is 19.6 Å². The van der Waals surface area contributed by atoms with Gasteiger partial charge in [0.15, 0.2) is 6.61 Å². The number of ether oxygens (including phenoxy) is 3. The second-order valence-electron chi connectivity index (χ2n) is 7.40. The molecule has 1 aromatic carbocycles. The van der Waals surface area contributed by atoms with Crippen LogP contribution in [0.1, 0.15) is 31.4 Å². The topological polar surface area (TPSA) is 48.0 Å². The smallest absolute Gasteiger partial charge is 0.344 e. The average Bonchev–Trinajstić information content (AvgIpc) is 3.05. The number of carbonyl (C=O) groups excluding carboxylic acids is 1. The van der Waals surface area contributed by atoms with E-state index in [2.05, 4.69) is 24.8 Å². The molecule has 0 radical (unpaired) electrons. The summed E-state index contributed by atoms with van der Waals surface area (Å²) >= 11 is 0. The molecule has 1 unspecified atom stereocenters. The van der Waals surface area contributed by atoms with Crippen LogP contribution in [-0.4, -0.2) is 56.4 Å². The van der Waals surface area contributed by atoms with Gasteiger partial charge in [-0.1, -0.05) is 19.9 Å². The van der Waals surface area contributed by atoms with Crippen molar-refractivity contribution in [1.82, 2.24) is 4.90 Å². The Morgan fingerprint density at radius 2 is 2.16 bits per heavy atom. The van der Waals surface area contributed by atoms with Crippen molar-refractivity contribution in [3.05, 3.63) is 29.3 Å². The lowest BCUT2D eigenvalue weighted by atomic mass is 10.1. The van der Waals surface area contributed by atoms with Crippen LogP contribution in [0.5, 0.6) is 5.75 Å². The highest BCUT2D eigenvalue weighted by molar-refractivity contribution is 5.71. The average molecular weight is 347 g/mol. The molecule has 2 aliphatic rings. The Bertz CT molecular complexity index is 587. The highest BCUT2D eigenvalue weighted by Crippen LogP contribution is 2.25. The van der Waals surface area contributed by atoms with Crippen LogP contribution < -0.4 is 4.74 Å². The van der Waals surface area contributed by atoms with E-state index in [1.807, 2.05) is 12.1 Å². The summed E-state index contributed by atoms with van der Waals surface area (Å²) in [5, 5.41) is 0. The van der Waals surface area contributed by atoms with Gasteiger partial charge >= 0.3 is 5.97 Å². The van der Waals surface area contributed by atoms with Crippen LogP contribution in [0.4, 0.5) is 0 Å². The van der Waals surface area contributed by atoms with E-state index < -0.39 is 0 Å². The number of carbonyl (C=O) groups is 1. The molecular formula is C20H29NO4. The summed E-state index contributed by atoms with van der Waals surface area (Å²) in [5.41, 5.74) is 2.74. The van der Waals surface area contributed by atoms with E-state index in [1.165, 1.54) is 17.5 Å². The SMILES string of the molecule is CC(C)CN1CCOC(COC(=O)COc2ccc3c(c2)CCC3)C1. The molecule has 0 aromatic heterocycles. The van der Waals surface area contributed by atoms with Crippen LogP contribution >= 0.6 is 0 Å². The summed E-state index contributed by atoms with van der Waals surface area (Å²) in [7, 11) is 0. The Balaban J connectivity index is 1.38. The lowest BCUT2D eigenvalue weighted by Crippen LogP contribution is -2.46. The predicted octanol–water partition coefficient (Wildman–Crippen LogP) is 2.45. The molecule has 0 N–H and O–H groups in total. The van der Waals surface area contributed by atoms with Crippen molar-refractivity contribution in [1.29, 1.82) is 0 Å². The first kappa shape index (κ1) is 18.2. The van der Waals surface area contributed by atoms with Gasteiger partial charge in [-0.05, 0) is 48.4 Å². The largest absolute Gasteiger partial charge is 0.482 e. The Labute approximate surface area is 150 Å². The van der Waals surface area contributed by atoms with Crippen molar-refractivity contribution in [3.63, 3.8) is 0 Å². The van der Waals surface area contributed by atoms with Gasteiger partial charge in [0.05, 0.1) is 6.61 Å². The molecule has 1 atom stereocenters.